The topological polar surface area (TPSA) is 70.6 Å². The van der Waals surface area contributed by atoms with Crippen molar-refractivity contribution in [2.75, 3.05) is 6.54 Å². The van der Waals surface area contributed by atoms with Crippen LogP contribution < -0.4 is 10.6 Å². The van der Waals surface area contributed by atoms with Crippen LogP contribution in [0.3, 0.4) is 0 Å². The molecular weight excluding hydrogens is 158 g/mol. The second-order valence-corrected chi connectivity index (χ2v) is 2.16. The van der Waals surface area contributed by atoms with Gasteiger partial charge in [-0.05, 0) is 6.92 Å². The predicted molar refractivity (Wildman–Crippen MR) is 43.4 cm³/mol. The molecule has 64 valence electrons. The average Bonchev–Trinajstić information content (AvgIpc) is 2.37. The second kappa shape index (κ2) is 3.66. The molecule has 1 aliphatic rings. The Morgan fingerprint density at radius 3 is 3.08 bits per heavy atom. The lowest BCUT2D eigenvalue weighted by molar-refractivity contribution is -0.118. The zero-order valence-electron chi connectivity index (χ0n) is 6.63. The molecule has 1 heterocycles. The van der Waals surface area contributed by atoms with Crippen LogP contribution in [0.4, 0.5) is 0 Å². The van der Waals surface area contributed by atoms with E-state index in [9.17, 15) is 9.59 Å². The normalized spacial score (nSPS) is 18.1. The second-order valence-electron chi connectivity index (χ2n) is 2.16. The third kappa shape index (κ3) is 1.91. The molecule has 5 nitrogen and oxygen atoms in total. The SMILES string of the molecule is CCNC(=O)C=C1N=CNC1=O. The quantitative estimate of drug-likeness (QED) is 0.527. The highest BCUT2D eigenvalue weighted by Gasteiger charge is 2.12. The van der Waals surface area contributed by atoms with Crippen LogP contribution >= 0.6 is 0 Å². The van der Waals surface area contributed by atoms with Crippen molar-refractivity contribution in [1.82, 2.24) is 10.6 Å². The molecular formula is C7H9N3O2. The molecule has 2 N–H and O–H groups in total. The minimum atomic E-state index is -0.346. The molecule has 0 atom stereocenters. The fourth-order valence-corrected chi connectivity index (χ4v) is 0.745. The molecule has 0 aromatic rings. The lowest BCUT2D eigenvalue weighted by Crippen LogP contribution is -2.22. The Morgan fingerprint density at radius 2 is 2.58 bits per heavy atom. The lowest BCUT2D eigenvalue weighted by Gasteiger charge is -1.94. The summed E-state index contributed by atoms with van der Waals surface area (Å²) in [4.78, 5) is 25.4. The molecule has 0 spiro atoms. The van der Waals surface area contributed by atoms with Gasteiger partial charge >= 0.3 is 0 Å². The van der Waals surface area contributed by atoms with Gasteiger partial charge in [0.25, 0.3) is 5.91 Å². The molecule has 12 heavy (non-hydrogen) atoms. The number of hydrogen-bond acceptors (Lipinski definition) is 3. The third-order valence-corrected chi connectivity index (χ3v) is 1.25. The number of nitrogens with one attached hydrogen (secondary N) is 2. The Kier molecular flexibility index (Phi) is 2.57. The van der Waals surface area contributed by atoms with Crippen molar-refractivity contribution in [1.29, 1.82) is 0 Å². The van der Waals surface area contributed by atoms with Crippen molar-refractivity contribution >= 4 is 18.2 Å². The molecule has 0 bridgehead atoms. The number of hydrogen-bond donors (Lipinski definition) is 2. The molecule has 0 unspecified atom stereocenters. The van der Waals surface area contributed by atoms with Gasteiger partial charge in [-0.25, -0.2) is 4.99 Å². The minimum Gasteiger partial charge on any atom is -0.353 e. The van der Waals surface area contributed by atoms with E-state index in [4.69, 9.17) is 0 Å². The minimum absolute atomic E-state index is 0.140. The predicted octanol–water partition coefficient (Wildman–Crippen LogP) is -0.836. The maximum absolute atomic E-state index is 10.9. The van der Waals surface area contributed by atoms with Gasteiger partial charge in [-0.2, -0.15) is 0 Å². The highest BCUT2D eigenvalue weighted by Crippen LogP contribution is 1.99. The summed E-state index contributed by atoms with van der Waals surface area (Å²) in [6.45, 7) is 2.34. The average molecular weight is 167 g/mol. The van der Waals surface area contributed by atoms with Gasteiger partial charge in [0, 0.05) is 12.6 Å². The smallest absolute Gasteiger partial charge is 0.275 e. The Hall–Kier alpha value is -1.65. The van der Waals surface area contributed by atoms with Gasteiger partial charge in [0.2, 0.25) is 5.91 Å². The molecule has 0 fully saturated rings. The number of aliphatic imine (C=N–C) groups is 1. The summed E-state index contributed by atoms with van der Waals surface area (Å²) in [5, 5.41) is 4.86. The van der Waals surface area contributed by atoms with Crippen LogP contribution in [0, 0.1) is 0 Å². The molecule has 1 rings (SSSR count). The molecule has 0 aromatic carbocycles. The molecule has 0 saturated carbocycles. The van der Waals surface area contributed by atoms with E-state index in [-0.39, 0.29) is 17.5 Å². The number of carbonyl (C=O) groups excluding carboxylic acids is 2. The van der Waals surface area contributed by atoms with Gasteiger partial charge in [0.05, 0.1) is 6.34 Å². The summed E-state index contributed by atoms with van der Waals surface area (Å²) < 4.78 is 0. The maximum atomic E-state index is 10.9. The van der Waals surface area contributed by atoms with E-state index in [0.717, 1.165) is 0 Å². The van der Waals surface area contributed by atoms with Crippen LogP contribution in [0.5, 0.6) is 0 Å². The number of rotatable bonds is 2. The van der Waals surface area contributed by atoms with E-state index in [1.54, 1.807) is 6.92 Å². The summed E-state index contributed by atoms with van der Waals surface area (Å²) in [6.07, 6.45) is 2.43. The van der Waals surface area contributed by atoms with E-state index >= 15 is 0 Å². The largest absolute Gasteiger partial charge is 0.353 e. The number of amides is 2. The summed E-state index contributed by atoms with van der Waals surface area (Å²) in [5.41, 5.74) is 0.140. The van der Waals surface area contributed by atoms with E-state index < -0.39 is 0 Å². The van der Waals surface area contributed by atoms with E-state index in [1.807, 2.05) is 0 Å². The fraction of sp³-hybridized carbons (Fsp3) is 0.286. The fourth-order valence-electron chi connectivity index (χ4n) is 0.745. The zero-order chi connectivity index (χ0) is 8.97. The zero-order valence-corrected chi connectivity index (χ0v) is 6.63. The molecule has 0 radical (unpaired) electrons. The van der Waals surface area contributed by atoms with Gasteiger partial charge in [0.1, 0.15) is 5.70 Å². The van der Waals surface area contributed by atoms with Crippen LogP contribution in [0.2, 0.25) is 0 Å². The molecule has 0 saturated heterocycles. The lowest BCUT2D eigenvalue weighted by atomic mass is 10.4. The number of carbonyl (C=O) groups is 2. The Labute approximate surface area is 69.6 Å². The van der Waals surface area contributed by atoms with Crippen LogP contribution in [0.15, 0.2) is 16.8 Å². The summed E-state index contributed by atoms with van der Waals surface area (Å²) >= 11 is 0. The van der Waals surface area contributed by atoms with Gasteiger partial charge in [-0.15, -0.1) is 0 Å². The van der Waals surface area contributed by atoms with Crippen LogP contribution in [-0.2, 0) is 9.59 Å². The molecule has 1 aliphatic heterocycles. The highest BCUT2D eigenvalue weighted by molar-refractivity contribution is 6.08. The van der Waals surface area contributed by atoms with Crippen LogP contribution in [0.25, 0.3) is 0 Å². The monoisotopic (exact) mass is 167 g/mol. The molecule has 0 aromatic heterocycles. The molecule has 2 amide bonds. The van der Waals surface area contributed by atoms with Gasteiger partial charge in [0.15, 0.2) is 0 Å². The van der Waals surface area contributed by atoms with E-state index in [1.165, 1.54) is 12.4 Å². The number of likely N-dealkylation sites (N-methyl/N-ethyl adjacent to an activating group) is 1. The van der Waals surface area contributed by atoms with Crippen molar-refractivity contribution in [2.24, 2.45) is 4.99 Å². The van der Waals surface area contributed by atoms with Gasteiger partial charge in [-0.1, -0.05) is 0 Å². The summed E-state index contributed by atoms with van der Waals surface area (Å²) in [6, 6.07) is 0. The Morgan fingerprint density at radius 1 is 1.83 bits per heavy atom. The van der Waals surface area contributed by atoms with Gasteiger partial charge in [-0.3, -0.25) is 9.59 Å². The first-order valence-electron chi connectivity index (χ1n) is 3.57. The molecule has 0 aliphatic carbocycles. The first kappa shape index (κ1) is 8.45. The van der Waals surface area contributed by atoms with Gasteiger partial charge < -0.3 is 10.6 Å². The van der Waals surface area contributed by atoms with Crippen molar-refractivity contribution < 1.29 is 9.59 Å². The maximum Gasteiger partial charge on any atom is 0.275 e. The first-order chi connectivity index (χ1) is 5.74. The highest BCUT2D eigenvalue weighted by atomic mass is 16.2. The van der Waals surface area contributed by atoms with Crippen molar-refractivity contribution in [2.45, 2.75) is 6.92 Å². The summed E-state index contributed by atoms with van der Waals surface area (Å²) in [5.74, 6) is -0.650. The first-order valence-corrected chi connectivity index (χ1v) is 3.57. The van der Waals surface area contributed by atoms with Crippen molar-refractivity contribution in [3.05, 3.63) is 11.8 Å². The van der Waals surface area contributed by atoms with Crippen molar-refractivity contribution in [3.63, 3.8) is 0 Å². The summed E-state index contributed by atoms with van der Waals surface area (Å²) in [7, 11) is 0. The number of nitrogens with zero attached hydrogens (tertiary/aromatic N) is 1. The van der Waals surface area contributed by atoms with E-state index in [2.05, 4.69) is 15.6 Å². The Balaban J connectivity index is 2.62. The molecule has 5 heteroatoms. The van der Waals surface area contributed by atoms with Crippen LogP contribution in [-0.4, -0.2) is 24.7 Å². The standard InChI is InChI=1S/C7H9N3O2/c1-2-8-6(11)3-5-7(12)10-4-9-5/h3-4H,2H2,1H3,(H,8,11)(H,9,10,12). The van der Waals surface area contributed by atoms with E-state index in [0.29, 0.717) is 6.54 Å². The van der Waals surface area contributed by atoms with Crippen LogP contribution in [0.1, 0.15) is 6.92 Å². The Bertz CT molecular complexity index is 268. The third-order valence-electron chi connectivity index (χ3n) is 1.25. The van der Waals surface area contributed by atoms with Crippen molar-refractivity contribution in [3.8, 4) is 0 Å².